The number of hydrogen-bond acceptors (Lipinski definition) is 5. The van der Waals surface area contributed by atoms with Crippen molar-refractivity contribution in [2.24, 2.45) is 4.99 Å². The van der Waals surface area contributed by atoms with Gasteiger partial charge in [0.2, 0.25) is 5.88 Å². The van der Waals surface area contributed by atoms with E-state index in [2.05, 4.69) is 35.0 Å². The molecule has 1 aromatic carbocycles. The third-order valence-corrected chi connectivity index (χ3v) is 3.69. The SMILES string of the molecule is CC(Cc1ccccc1)N1C=C(NC(=O)N=C2C=CC(=N)C=C2)ON1.Cl.Cl. The van der Waals surface area contributed by atoms with E-state index in [9.17, 15) is 4.79 Å². The van der Waals surface area contributed by atoms with Crippen molar-refractivity contribution in [2.75, 3.05) is 0 Å². The lowest BCUT2D eigenvalue weighted by Gasteiger charge is -2.21. The molecule has 0 saturated heterocycles. The maximum Gasteiger partial charge on any atom is 0.348 e. The van der Waals surface area contributed by atoms with Gasteiger partial charge in [-0.15, -0.1) is 24.8 Å². The van der Waals surface area contributed by atoms with E-state index in [0.29, 0.717) is 11.4 Å². The molecule has 1 unspecified atom stereocenters. The van der Waals surface area contributed by atoms with Crippen molar-refractivity contribution in [3.63, 3.8) is 0 Å². The Kier molecular flexibility index (Phi) is 8.74. The van der Waals surface area contributed by atoms with Crippen LogP contribution in [0.2, 0.25) is 0 Å². The second-order valence-corrected chi connectivity index (χ2v) is 5.72. The average molecular weight is 410 g/mol. The molecule has 1 aromatic rings. The minimum atomic E-state index is -0.539. The first-order valence-corrected chi connectivity index (χ1v) is 7.91. The molecule has 7 nitrogen and oxygen atoms in total. The zero-order valence-electron chi connectivity index (χ0n) is 14.6. The summed E-state index contributed by atoms with van der Waals surface area (Å²) in [7, 11) is 0. The van der Waals surface area contributed by atoms with E-state index in [-0.39, 0.29) is 36.7 Å². The first-order chi connectivity index (χ1) is 12.1. The summed E-state index contributed by atoms with van der Waals surface area (Å²) >= 11 is 0. The fourth-order valence-corrected chi connectivity index (χ4v) is 2.40. The van der Waals surface area contributed by atoms with Crippen LogP contribution in [-0.4, -0.2) is 28.5 Å². The molecule has 3 N–H and O–H groups in total. The summed E-state index contributed by atoms with van der Waals surface area (Å²) < 4.78 is 0. The van der Waals surface area contributed by atoms with Crippen LogP contribution < -0.4 is 10.9 Å². The van der Waals surface area contributed by atoms with Crippen LogP contribution in [0.1, 0.15) is 12.5 Å². The van der Waals surface area contributed by atoms with Crippen molar-refractivity contribution in [3.05, 3.63) is 72.3 Å². The number of carbonyl (C=O) groups excluding carboxylic acids is 1. The topological polar surface area (TPSA) is 89.8 Å². The smallest absolute Gasteiger partial charge is 0.348 e. The molecule has 1 heterocycles. The number of benzene rings is 1. The standard InChI is InChI=1S/C18H19N5O2.2ClH/c1-13(11-14-5-3-2-4-6-14)23-12-17(25-22-23)21-18(24)20-16-9-7-15(19)8-10-16;;/h2-10,12-13,19,22H,11H2,1H3,(H,21,24);2*1H. The van der Waals surface area contributed by atoms with Crippen molar-refractivity contribution in [3.8, 4) is 0 Å². The Bertz CT molecular complexity index is 772. The highest BCUT2D eigenvalue weighted by molar-refractivity contribution is 6.19. The van der Waals surface area contributed by atoms with Crippen LogP contribution >= 0.6 is 24.8 Å². The summed E-state index contributed by atoms with van der Waals surface area (Å²) in [6.07, 6.45) is 8.89. The Hall–Kier alpha value is -2.61. The van der Waals surface area contributed by atoms with Gasteiger partial charge in [-0.1, -0.05) is 35.9 Å². The van der Waals surface area contributed by atoms with Crippen LogP contribution in [0.3, 0.4) is 0 Å². The Morgan fingerprint density at radius 3 is 2.56 bits per heavy atom. The molecule has 0 bridgehead atoms. The van der Waals surface area contributed by atoms with Crippen LogP contribution in [0.15, 0.2) is 71.7 Å². The molecular formula is C18H21Cl2N5O2. The van der Waals surface area contributed by atoms with Gasteiger partial charge >= 0.3 is 6.03 Å². The number of rotatable bonds is 4. The third kappa shape index (κ3) is 6.56. The Balaban J connectivity index is 0.00000182. The number of hydrazine groups is 1. The van der Waals surface area contributed by atoms with Gasteiger partial charge in [-0.3, -0.25) is 10.3 Å². The molecule has 1 atom stereocenters. The second-order valence-electron chi connectivity index (χ2n) is 5.72. The molecule has 27 heavy (non-hydrogen) atoms. The molecule has 0 fully saturated rings. The normalized spacial score (nSPS) is 15.9. The van der Waals surface area contributed by atoms with E-state index in [1.54, 1.807) is 35.5 Å². The summed E-state index contributed by atoms with van der Waals surface area (Å²) in [6.45, 7) is 2.05. The van der Waals surface area contributed by atoms with Crippen molar-refractivity contribution in [1.82, 2.24) is 15.9 Å². The number of nitrogens with zero attached hydrogens (tertiary/aromatic N) is 2. The highest BCUT2D eigenvalue weighted by Gasteiger charge is 2.20. The fourth-order valence-electron chi connectivity index (χ4n) is 2.40. The van der Waals surface area contributed by atoms with E-state index in [0.717, 1.165) is 6.42 Å². The minimum Gasteiger partial charge on any atom is -0.369 e. The maximum absolute atomic E-state index is 11.9. The van der Waals surface area contributed by atoms with Crippen molar-refractivity contribution >= 4 is 42.3 Å². The number of urea groups is 1. The molecule has 0 radical (unpaired) electrons. The fraction of sp³-hybridized carbons (Fsp3) is 0.167. The first kappa shape index (κ1) is 22.4. The molecule has 9 heteroatoms. The summed E-state index contributed by atoms with van der Waals surface area (Å²) in [6, 6.07) is 9.74. The van der Waals surface area contributed by atoms with E-state index < -0.39 is 6.03 Å². The average Bonchev–Trinajstić information content (AvgIpc) is 3.06. The van der Waals surface area contributed by atoms with Crippen LogP contribution in [-0.2, 0) is 11.3 Å². The third-order valence-electron chi connectivity index (χ3n) is 3.69. The van der Waals surface area contributed by atoms with Crippen LogP contribution in [0.25, 0.3) is 0 Å². The monoisotopic (exact) mass is 409 g/mol. The molecule has 2 aliphatic rings. The summed E-state index contributed by atoms with van der Waals surface area (Å²) in [5.41, 5.74) is 4.83. The number of aliphatic imine (C=N–C) groups is 1. The Morgan fingerprint density at radius 2 is 1.89 bits per heavy atom. The Labute approximate surface area is 170 Å². The van der Waals surface area contributed by atoms with Gasteiger partial charge in [0.25, 0.3) is 0 Å². The molecule has 0 spiro atoms. The van der Waals surface area contributed by atoms with E-state index >= 15 is 0 Å². The van der Waals surface area contributed by atoms with Crippen molar-refractivity contribution in [1.29, 1.82) is 5.41 Å². The van der Waals surface area contributed by atoms with Crippen molar-refractivity contribution < 1.29 is 9.63 Å². The Morgan fingerprint density at radius 1 is 1.22 bits per heavy atom. The largest absolute Gasteiger partial charge is 0.369 e. The molecule has 3 rings (SSSR count). The van der Waals surface area contributed by atoms with Gasteiger partial charge in [0.05, 0.1) is 17.6 Å². The lowest BCUT2D eigenvalue weighted by molar-refractivity contribution is -0.00146. The van der Waals surface area contributed by atoms with Gasteiger partial charge in [-0.05, 0) is 43.2 Å². The quantitative estimate of drug-likeness (QED) is 0.665. The molecule has 0 aromatic heterocycles. The summed E-state index contributed by atoms with van der Waals surface area (Å²) in [5, 5.41) is 11.8. The van der Waals surface area contributed by atoms with Crippen LogP contribution in [0, 0.1) is 5.41 Å². The van der Waals surface area contributed by atoms with Gasteiger partial charge in [-0.25, -0.2) is 4.79 Å². The predicted molar refractivity (Wildman–Crippen MR) is 110 cm³/mol. The minimum absolute atomic E-state index is 0. The maximum atomic E-state index is 11.9. The molecule has 0 saturated carbocycles. The number of carbonyl (C=O) groups is 1. The van der Waals surface area contributed by atoms with Gasteiger partial charge < -0.3 is 10.2 Å². The molecule has 2 amide bonds. The van der Waals surface area contributed by atoms with Crippen molar-refractivity contribution in [2.45, 2.75) is 19.4 Å². The highest BCUT2D eigenvalue weighted by atomic mass is 35.5. The van der Waals surface area contributed by atoms with E-state index in [4.69, 9.17) is 10.2 Å². The van der Waals surface area contributed by atoms with Gasteiger partial charge in [0, 0.05) is 6.04 Å². The lowest BCUT2D eigenvalue weighted by atomic mass is 10.1. The predicted octanol–water partition coefficient (Wildman–Crippen LogP) is 3.31. The van der Waals surface area contributed by atoms with Gasteiger partial charge in [0.1, 0.15) is 0 Å². The van der Waals surface area contributed by atoms with Crippen LogP contribution in [0.4, 0.5) is 4.79 Å². The van der Waals surface area contributed by atoms with Gasteiger partial charge in [0.15, 0.2) is 0 Å². The number of halogens is 2. The first-order valence-electron chi connectivity index (χ1n) is 7.91. The molecule has 1 aliphatic heterocycles. The summed E-state index contributed by atoms with van der Waals surface area (Å²) in [4.78, 5) is 21.1. The van der Waals surface area contributed by atoms with Crippen LogP contribution in [0.5, 0.6) is 0 Å². The van der Waals surface area contributed by atoms with E-state index in [1.165, 1.54) is 5.56 Å². The number of nitrogens with one attached hydrogen (secondary N) is 3. The molecular weight excluding hydrogens is 389 g/mol. The van der Waals surface area contributed by atoms with Gasteiger partial charge in [-0.2, -0.15) is 4.99 Å². The lowest BCUT2D eigenvalue weighted by Crippen LogP contribution is -2.37. The highest BCUT2D eigenvalue weighted by Crippen LogP contribution is 2.12. The number of amides is 2. The zero-order valence-corrected chi connectivity index (χ0v) is 16.2. The number of allylic oxidation sites excluding steroid dienone is 4. The zero-order chi connectivity index (χ0) is 17.6. The van der Waals surface area contributed by atoms with E-state index in [1.807, 2.05) is 18.2 Å². The summed E-state index contributed by atoms with van der Waals surface area (Å²) in [5.74, 6) is 0.283. The molecule has 1 aliphatic carbocycles. The second kappa shape index (κ2) is 10.5. The number of hydrogen-bond donors (Lipinski definition) is 3. The molecule has 144 valence electrons.